The van der Waals surface area contributed by atoms with Crippen LogP contribution in [0.15, 0.2) is 58.3 Å². The number of carbonyl (C=O) groups excluding carboxylic acids is 2. The van der Waals surface area contributed by atoms with E-state index < -0.39 is 28.3 Å². The molecular formula is C17H17NO5S2. The van der Waals surface area contributed by atoms with Crippen molar-refractivity contribution >= 4 is 39.2 Å². The Morgan fingerprint density at radius 1 is 1.12 bits per heavy atom. The minimum atomic E-state index is -3.43. The standard InChI is InChI=1S/C17H17NO5S2/c1-24-14-8-6-13(7-9-14)18-16(19)11-23-17(20)12-4-3-5-15(10-12)25(2,21)22/h3-10H,11H2,1-2H3,(H,18,19). The van der Waals surface area contributed by atoms with E-state index in [-0.39, 0.29) is 10.5 Å². The van der Waals surface area contributed by atoms with Crippen LogP contribution in [0.25, 0.3) is 0 Å². The maximum Gasteiger partial charge on any atom is 0.338 e. The predicted molar refractivity (Wildman–Crippen MR) is 96.7 cm³/mol. The van der Waals surface area contributed by atoms with Crippen LogP contribution in [0.2, 0.25) is 0 Å². The summed E-state index contributed by atoms with van der Waals surface area (Å²) in [7, 11) is -3.43. The Hall–Kier alpha value is -2.32. The van der Waals surface area contributed by atoms with Crippen LogP contribution in [0.1, 0.15) is 10.4 Å². The molecule has 0 fully saturated rings. The molecule has 0 aromatic heterocycles. The van der Waals surface area contributed by atoms with Gasteiger partial charge in [0.15, 0.2) is 16.4 Å². The number of benzene rings is 2. The van der Waals surface area contributed by atoms with Crippen molar-refractivity contribution in [3.05, 3.63) is 54.1 Å². The Kier molecular flexibility index (Phi) is 6.22. The van der Waals surface area contributed by atoms with E-state index in [0.29, 0.717) is 5.69 Å². The highest BCUT2D eigenvalue weighted by atomic mass is 32.2. The molecule has 1 amide bonds. The first-order chi connectivity index (χ1) is 11.8. The molecule has 0 radical (unpaired) electrons. The highest BCUT2D eigenvalue weighted by Crippen LogP contribution is 2.17. The number of amides is 1. The molecule has 0 saturated carbocycles. The summed E-state index contributed by atoms with van der Waals surface area (Å²) in [5.74, 6) is -1.25. The molecule has 0 saturated heterocycles. The summed E-state index contributed by atoms with van der Waals surface area (Å²) in [4.78, 5) is 24.9. The van der Waals surface area contributed by atoms with Gasteiger partial charge in [-0.05, 0) is 48.7 Å². The van der Waals surface area contributed by atoms with Gasteiger partial charge in [0.1, 0.15) is 0 Å². The van der Waals surface area contributed by atoms with E-state index in [1.807, 2.05) is 18.4 Å². The summed E-state index contributed by atoms with van der Waals surface area (Å²) < 4.78 is 27.9. The van der Waals surface area contributed by atoms with E-state index in [1.165, 1.54) is 24.3 Å². The van der Waals surface area contributed by atoms with E-state index >= 15 is 0 Å². The van der Waals surface area contributed by atoms with Gasteiger partial charge in [-0.3, -0.25) is 4.79 Å². The molecule has 0 aliphatic rings. The highest BCUT2D eigenvalue weighted by Gasteiger charge is 2.14. The molecule has 2 aromatic rings. The van der Waals surface area contributed by atoms with Crippen molar-refractivity contribution in [2.75, 3.05) is 24.4 Å². The quantitative estimate of drug-likeness (QED) is 0.613. The summed E-state index contributed by atoms with van der Waals surface area (Å²) in [5, 5.41) is 2.61. The van der Waals surface area contributed by atoms with Crippen LogP contribution in [-0.2, 0) is 19.4 Å². The topological polar surface area (TPSA) is 89.5 Å². The molecule has 0 aliphatic heterocycles. The van der Waals surface area contributed by atoms with Gasteiger partial charge in [-0.15, -0.1) is 11.8 Å². The zero-order chi connectivity index (χ0) is 18.4. The minimum Gasteiger partial charge on any atom is -0.452 e. The van der Waals surface area contributed by atoms with Gasteiger partial charge in [0.05, 0.1) is 10.5 Å². The first-order valence-corrected chi connectivity index (χ1v) is 10.3. The first kappa shape index (κ1) is 19.0. The lowest BCUT2D eigenvalue weighted by Crippen LogP contribution is -2.21. The predicted octanol–water partition coefficient (Wildman–Crippen LogP) is 2.61. The van der Waals surface area contributed by atoms with Crippen LogP contribution < -0.4 is 5.32 Å². The number of rotatable bonds is 6. The molecule has 0 spiro atoms. The zero-order valence-corrected chi connectivity index (χ0v) is 15.3. The Balaban J connectivity index is 1.94. The smallest absolute Gasteiger partial charge is 0.338 e. The number of carbonyl (C=O) groups is 2. The molecule has 0 atom stereocenters. The molecule has 6 nitrogen and oxygen atoms in total. The van der Waals surface area contributed by atoms with E-state index in [2.05, 4.69) is 5.32 Å². The molecule has 2 rings (SSSR count). The van der Waals surface area contributed by atoms with Crippen molar-refractivity contribution in [1.82, 2.24) is 0 Å². The van der Waals surface area contributed by atoms with Crippen LogP contribution in [0, 0.1) is 0 Å². The third kappa shape index (κ3) is 5.61. The summed E-state index contributed by atoms with van der Waals surface area (Å²) in [6, 6.07) is 12.7. The molecule has 0 aliphatic carbocycles. The van der Waals surface area contributed by atoms with Crippen molar-refractivity contribution in [3.8, 4) is 0 Å². The SMILES string of the molecule is CSc1ccc(NC(=O)COC(=O)c2cccc(S(C)(=O)=O)c2)cc1. The van der Waals surface area contributed by atoms with Gasteiger partial charge in [-0.25, -0.2) is 13.2 Å². The third-order valence-electron chi connectivity index (χ3n) is 3.21. The molecule has 1 N–H and O–H groups in total. The number of ether oxygens (including phenoxy) is 1. The lowest BCUT2D eigenvalue weighted by atomic mass is 10.2. The number of anilines is 1. The van der Waals surface area contributed by atoms with Crippen molar-refractivity contribution in [2.45, 2.75) is 9.79 Å². The van der Waals surface area contributed by atoms with Crippen LogP contribution in [0.3, 0.4) is 0 Å². The molecule has 0 bridgehead atoms. The summed E-state index contributed by atoms with van der Waals surface area (Å²) >= 11 is 1.59. The lowest BCUT2D eigenvalue weighted by Gasteiger charge is -2.08. The average Bonchev–Trinajstić information content (AvgIpc) is 2.59. The number of esters is 1. The van der Waals surface area contributed by atoms with E-state index in [0.717, 1.165) is 11.2 Å². The number of hydrogen-bond acceptors (Lipinski definition) is 6. The van der Waals surface area contributed by atoms with Crippen LogP contribution in [0.5, 0.6) is 0 Å². The van der Waals surface area contributed by atoms with E-state index in [4.69, 9.17) is 4.74 Å². The second-order valence-corrected chi connectivity index (χ2v) is 8.05. The van der Waals surface area contributed by atoms with Gasteiger partial charge in [-0.1, -0.05) is 6.07 Å². The number of hydrogen-bond donors (Lipinski definition) is 1. The largest absolute Gasteiger partial charge is 0.452 e. The van der Waals surface area contributed by atoms with E-state index in [9.17, 15) is 18.0 Å². The summed E-state index contributed by atoms with van der Waals surface area (Å²) in [6.07, 6.45) is 3.00. The van der Waals surface area contributed by atoms with Crippen molar-refractivity contribution in [3.63, 3.8) is 0 Å². The Bertz CT molecular complexity index is 876. The highest BCUT2D eigenvalue weighted by molar-refractivity contribution is 7.98. The molecular weight excluding hydrogens is 362 g/mol. The Labute approximate surface area is 150 Å². The second-order valence-electron chi connectivity index (χ2n) is 5.15. The van der Waals surface area contributed by atoms with Gasteiger partial charge in [0.2, 0.25) is 0 Å². The van der Waals surface area contributed by atoms with Crippen LogP contribution >= 0.6 is 11.8 Å². The molecule has 0 unspecified atom stereocenters. The maximum absolute atomic E-state index is 12.0. The molecule has 132 valence electrons. The zero-order valence-electron chi connectivity index (χ0n) is 13.7. The van der Waals surface area contributed by atoms with Crippen LogP contribution in [-0.4, -0.2) is 39.4 Å². The van der Waals surface area contributed by atoms with Crippen molar-refractivity contribution in [2.24, 2.45) is 0 Å². The Morgan fingerprint density at radius 3 is 2.40 bits per heavy atom. The normalized spacial score (nSPS) is 11.0. The molecule has 25 heavy (non-hydrogen) atoms. The minimum absolute atomic E-state index is 0.0142. The average molecular weight is 379 g/mol. The first-order valence-electron chi connectivity index (χ1n) is 7.21. The summed E-state index contributed by atoms with van der Waals surface area (Å²) in [5.41, 5.74) is 0.665. The molecule has 0 heterocycles. The lowest BCUT2D eigenvalue weighted by molar-refractivity contribution is -0.119. The maximum atomic E-state index is 12.0. The Morgan fingerprint density at radius 2 is 1.80 bits per heavy atom. The van der Waals surface area contributed by atoms with Gasteiger partial charge in [0.25, 0.3) is 5.91 Å². The van der Waals surface area contributed by atoms with Crippen molar-refractivity contribution < 1.29 is 22.7 Å². The number of sulfone groups is 1. The van der Waals surface area contributed by atoms with Gasteiger partial charge in [-0.2, -0.15) is 0 Å². The fourth-order valence-electron chi connectivity index (χ4n) is 1.94. The molecule has 2 aromatic carbocycles. The monoisotopic (exact) mass is 379 g/mol. The van der Waals surface area contributed by atoms with Crippen LogP contribution in [0.4, 0.5) is 5.69 Å². The van der Waals surface area contributed by atoms with E-state index in [1.54, 1.807) is 23.9 Å². The number of thioether (sulfide) groups is 1. The fourth-order valence-corrected chi connectivity index (χ4v) is 3.01. The van der Waals surface area contributed by atoms with Gasteiger partial charge < -0.3 is 10.1 Å². The number of nitrogens with one attached hydrogen (secondary N) is 1. The second kappa shape index (κ2) is 8.17. The molecule has 8 heteroatoms. The van der Waals surface area contributed by atoms with Crippen molar-refractivity contribution in [1.29, 1.82) is 0 Å². The third-order valence-corrected chi connectivity index (χ3v) is 5.06. The summed E-state index contributed by atoms with van der Waals surface area (Å²) in [6.45, 7) is -0.466. The fraction of sp³-hybridized carbons (Fsp3) is 0.176. The van der Waals surface area contributed by atoms with Gasteiger partial charge in [0, 0.05) is 16.8 Å². The van der Waals surface area contributed by atoms with Gasteiger partial charge >= 0.3 is 5.97 Å².